The number of para-hydroxylation sites is 1. The van der Waals surface area contributed by atoms with Crippen LogP contribution in [0.4, 0.5) is 10.1 Å². The third kappa shape index (κ3) is 7.90. The molecule has 1 N–H and O–H groups in total. The van der Waals surface area contributed by atoms with Gasteiger partial charge in [0.2, 0.25) is 11.8 Å². The molecule has 7 nitrogen and oxygen atoms in total. The predicted molar refractivity (Wildman–Crippen MR) is 174 cm³/mol. The van der Waals surface area contributed by atoms with Crippen molar-refractivity contribution >= 4 is 39.1 Å². The predicted octanol–water partition coefficient (Wildman–Crippen LogP) is 6.37. The van der Waals surface area contributed by atoms with E-state index in [1.807, 2.05) is 30.3 Å². The average molecular weight is 648 g/mol. The molecule has 0 unspecified atom stereocenters. The molecule has 1 aliphatic carbocycles. The minimum Gasteiger partial charge on any atom is -0.352 e. The Morgan fingerprint density at radius 3 is 2.11 bits per heavy atom. The summed E-state index contributed by atoms with van der Waals surface area (Å²) in [6.07, 6.45) is 3.88. The number of carbonyl (C=O) groups is 2. The molecule has 45 heavy (non-hydrogen) atoms. The molecule has 1 atom stereocenters. The number of anilines is 1. The first kappa shape index (κ1) is 32.2. The van der Waals surface area contributed by atoms with Crippen molar-refractivity contribution in [3.63, 3.8) is 0 Å². The van der Waals surface area contributed by atoms with Crippen LogP contribution in [-0.4, -0.2) is 43.8 Å². The molecule has 0 aliphatic heterocycles. The number of sulfonamides is 1. The van der Waals surface area contributed by atoms with Crippen LogP contribution in [0, 0.1) is 5.82 Å². The number of rotatable bonds is 12. The molecule has 0 aromatic heterocycles. The fourth-order valence-corrected chi connectivity index (χ4v) is 7.26. The highest BCUT2D eigenvalue weighted by atomic mass is 35.5. The van der Waals surface area contributed by atoms with Gasteiger partial charge >= 0.3 is 0 Å². The van der Waals surface area contributed by atoms with Crippen molar-refractivity contribution < 1.29 is 22.4 Å². The number of halogens is 2. The Labute approximate surface area is 268 Å². The minimum absolute atomic E-state index is 0.0126. The normalized spacial score (nSPS) is 14.1. The van der Waals surface area contributed by atoms with Crippen molar-refractivity contribution in [2.45, 2.75) is 55.6 Å². The zero-order valence-electron chi connectivity index (χ0n) is 24.7. The van der Waals surface area contributed by atoms with Crippen molar-refractivity contribution in [1.82, 2.24) is 10.2 Å². The number of carbonyl (C=O) groups excluding carboxylic acids is 2. The van der Waals surface area contributed by atoms with E-state index in [0.717, 1.165) is 41.6 Å². The lowest BCUT2D eigenvalue weighted by Gasteiger charge is -2.34. The highest BCUT2D eigenvalue weighted by Gasteiger charge is 2.36. The van der Waals surface area contributed by atoms with Crippen LogP contribution in [0.2, 0.25) is 5.02 Å². The molecule has 0 saturated heterocycles. The molecule has 2 amide bonds. The summed E-state index contributed by atoms with van der Waals surface area (Å²) in [5, 5.41) is 3.52. The van der Waals surface area contributed by atoms with E-state index in [-0.39, 0.29) is 35.5 Å². The number of hydrogen-bond acceptors (Lipinski definition) is 4. The van der Waals surface area contributed by atoms with E-state index in [9.17, 15) is 18.0 Å². The van der Waals surface area contributed by atoms with E-state index in [2.05, 4.69) is 5.32 Å². The highest BCUT2D eigenvalue weighted by Crippen LogP contribution is 2.28. The van der Waals surface area contributed by atoms with Crippen LogP contribution < -0.4 is 9.62 Å². The van der Waals surface area contributed by atoms with Gasteiger partial charge in [-0.3, -0.25) is 13.9 Å². The molecule has 10 heteroatoms. The van der Waals surface area contributed by atoms with E-state index in [0.29, 0.717) is 10.6 Å². The Bertz CT molecular complexity index is 1720. The standard InChI is InChI=1S/C35H35ClFN3O4S/c36-30-20-10-7-15-27(30)24-39(33(23-26-13-3-1-4-14-26)35(42)38-28-16-8-9-17-28)34(41)25-40(32-22-12-11-21-31(32)37)45(43,44)29-18-5-2-6-19-29/h1-7,10-15,18-22,28,33H,8-9,16-17,23-25H2,(H,38,42)/t33-/m0/s1. The maximum atomic E-state index is 15.2. The maximum absolute atomic E-state index is 15.2. The summed E-state index contributed by atoms with van der Waals surface area (Å²) in [5.74, 6) is -1.82. The Kier molecular flexibility index (Phi) is 10.5. The summed E-state index contributed by atoms with van der Waals surface area (Å²) in [4.78, 5) is 29.8. The van der Waals surface area contributed by atoms with Crippen LogP contribution in [0.15, 0.2) is 114 Å². The average Bonchev–Trinajstić information content (AvgIpc) is 3.56. The molecule has 234 valence electrons. The molecule has 1 aliphatic rings. The first-order valence-electron chi connectivity index (χ1n) is 14.9. The van der Waals surface area contributed by atoms with Gasteiger partial charge in [-0.15, -0.1) is 0 Å². The number of nitrogens with zero attached hydrogens (tertiary/aromatic N) is 2. The summed E-state index contributed by atoms with van der Waals surface area (Å²) in [5.41, 5.74) is 1.13. The molecule has 0 bridgehead atoms. The lowest BCUT2D eigenvalue weighted by Crippen LogP contribution is -2.54. The Balaban J connectivity index is 1.57. The Morgan fingerprint density at radius 1 is 0.844 bits per heavy atom. The fraction of sp³-hybridized carbons (Fsp3) is 0.257. The van der Waals surface area contributed by atoms with Crippen LogP contribution in [0.3, 0.4) is 0 Å². The molecule has 1 saturated carbocycles. The van der Waals surface area contributed by atoms with Crippen LogP contribution in [0.5, 0.6) is 0 Å². The van der Waals surface area contributed by atoms with E-state index in [4.69, 9.17) is 11.6 Å². The second-order valence-electron chi connectivity index (χ2n) is 11.1. The SMILES string of the molecule is O=C(NC1CCCC1)[C@H](Cc1ccccc1)N(Cc1ccccc1Cl)C(=O)CN(c1ccccc1F)S(=O)(=O)c1ccccc1. The molecule has 1 fully saturated rings. The number of benzene rings is 4. The van der Waals surface area contributed by atoms with E-state index in [1.165, 1.54) is 35.2 Å². The Morgan fingerprint density at radius 2 is 1.44 bits per heavy atom. The van der Waals surface area contributed by atoms with Crippen LogP contribution >= 0.6 is 11.6 Å². The molecule has 0 heterocycles. The molecule has 4 aromatic rings. The number of amides is 2. The van der Waals surface area contributed by atoms with Crippen molar-refractivity contribution in [3.05, 3.63) is 131 Å². The van der Waals surface area contributed by atoms with Crippen LogP contribution in [-0.2, 0) is 32.6 Å². The van der Waals surface area contributed by atoms with Gasteiger partial charge < -0.3 is 10.2 Å². The molecule has 0 radical (unpaired) electrons. The van der Waals surface area contributed by atoms with Gasteiger partial charge in [0.05, 0.1) is 10.6 Å². The molecular weight excluding hydrogens is 613 g/mol. The quantitative estimate of drug-likeness (QED) is 0.194. The third-order valence-electron chi connectivity index (χ3n) is 8.00. The van der Waals surface area contributed by atoms with Gasteiger partial charge in [0.15, 0.2) is 0 Å². The third-order valence-corrected chi connectivity index (χ3v) is 10.1. The maximum Gasteiger partial charge on any atom is 0.264 e. The van der Waals surface area contributed by atoms with Gasteiger partial charge in [0.1, 0.15) is 18.4 Å². The van der Waals surface area contributed by atoms with Gasteiger partial charge in [-0.05, 0) is 54.3 Å². The second-order valence-corrected chi connectivity index (χ2v) is 13.4. The van der Waals surface area contributed by atoms with Gasteiger partial charge in [-0.1, -0.05) is 103 Å². The number of nitrogens with one attached hydrogen (secondary N) is 1. The molecule has 0 spiro atoms. The lowest BCUT2D eigenvalue weighted by molar-refractivity contribution is -0.140. The highest BCUT2D eigenvalue weighted by molar-refractivity contribution is 7.92. The summed E-state index contributed by atoms with van der Waals surface area (Å²) in [6, 6.07) is 28.3. The van der Waals surface area contributed by atoms with Gasteiger partial charge in [0, 0.05) is 24.0 Å². The fourth-order valence-electron chi connectivity index (χ4n) is 5.62. The summed E-state index contributed by atoms with van der Waals surface area (Å²) < 4.78 is 43.9. The zero-order valence-corrected chi connectivity index (χ0v) is 26.3. The van der Waals surface area contributed by atoms with Crippen molar-refractivity contribution in [3.8, 4) is 0 Å². The zero-order chi connectivity index (χ0) is 31.8. The first-order valence-corrected chi connectivity index (χ1v) is 16.8. The number of hydrogen-bond donors (Lipinski definition) is 1. The molecule has 4 aromatic carbocycles. The van der Waals surface area contributed by atoms with Crippen molar-refractivity contribution in [2.75, 3.05) is 10.8 Å². The smallest absolute Gasteiger partial charge is 0.264 e. The van der Waals surface area contributed by atoms with Crippen LogP contribution in [0.25, 0.3) is 0 Å². The second kappa shape index (κ2) is 14.7. The largest absolute Gasteiger partial charge is 0.352 e. The topological polar surface area (TPSA) is 86.8 Å². The molecular formula is C35H35ClFN3O4S. The molecule has 5 rings (SSSR count). The summed E-state index contributed by atoms with van der Waals surface area (Å²) >= 11 is 6.54. The van der Waals surface area contributed by atoms with E-state index in [1.54, 1.807) is 42.5 Å². The van der Waals surface area contributed by atoms with Crippen molar-refractivity contribution in [2.24, 2.45) is 0 Å². The van der Waals surface area contributed by atoms with Crippen molar-refractivity contribution in [1.29, 1.82) is 0 Å². The van der Waals surface area contributed by atoms with Gasteiger partial charge in [-0.25, -0.2) is 12.8 Å². The van der Waals surface area contributed by atoms with Gasteiger partial charge in [0.25, 0.3) is 10.0 Å². The lowest BCUT2D eigenvalue weighted by atomic mass is 10.0. The first-order chi connectivity index (χ1) is 21.7. The van der Waals surface area contributed by atoms with Crippen LogP contribution in [0.1, 0.15) is 36.8 Å². The Hall–Kier alpha value is -4.21. The monoisotopic (exact) mass is 647 g/mol. The summed E-state index contributed by atoms with van der Waals surface area (Å²) in [7, 11) is -4.39. The van der Waals surface area contributed by atoms with E-state index >= 15 is 4.39 Å². The summed E-state index contributed by atoms with van der Waals surface area (Å²) in [6.45, 7) is -0.810. The van der Waals surface area contributed by atoms with E-state index < -0.39 is 34.3 Å². The minimum atomic E-state index is -4.39. The van der Waals surface area contributed by atoms with Gasteiger partial charge in [-0.2, -0.15) is 0 Å².